The van der Waals surface area contributed by atoms with Crippen molar-refractivity contribution in [3.8, 4) is 0 Å². The number of rotatable bonds is 9. The lowest BCUT2D eigenvalue weighted by atomic mass is 9.97. The zero-order valence-corrected chi connectivity index (χ0v) is 17.0. The fraction of sp³-hybridized carbons (Fsp3) is 0.688. The third kappa shape index (κ3) is 5.08. The Hall–Kier alpha value is -1.32. The van der Waals surface area contributed by atoms with Gasteiger partial charge in [0.2, 0.25) is 5.91 Å². The monoisotopic (exact) mass is 389 g/mol. The van der Waals surface area contributed by atoms with E-state index in [2.05, 4.69) is 24.5 Å². The third-order valence-corrected chi connectivity index (χ3v) is 7.56. The smallest absolute Gasteiger partial charge is 0.346 e. The van der Waals surface area contributed by atoms with Crippen molar-refractivity contribution in [3.63, 3.8) is 0 Å². The van der Waals surface area contributed by atoms with Gasteiger partial charge >= 0.3 is 11.9 Å². The molecule has 142 valence electrons. The van der Waals surface area contributed by atoms with E-state index in [4.69, 9.17) is 9.47 Å². The number of amides is 1. The Morgan fingerprint density at radius 3 is 2.48 bits per heavy atom. The molecule has 1 aliphatic heterocycles. The predicted molar refractivity (Wildman–Crippen MR) is 98.6 cm³/mol. The molecule has 0 aromatic heterocycles. The summed E-state index contributed by atoms with van der Waals surface area (Å²) in [4.78, 5) is 36.6. The summed E-state index contributed by atoms with van der Waals surface area (Å²) in [5.74, 6) is -2.25. The summed E-state index contributed by atoms with van der Waals surface area (Å²) >= 11 is 4.15. The van der Waals surface area contributed by atoms with Crippen molar-refractivity contribution < 1.29 is 29.0 Å². The van der Waals surface area contributed by atoms with E-state index in [9.17, 15) is 19.5 Å². The van der Waals surface area contributed by atoms with Crippen LogP contribution in [-0.2, 0) is 23.9 Å². The predicted octanol–water partition coefficient (Wildman–Crippen LogP) is 1.04. The number of hydrogen-bond donors (Lipinski definition) is 3. The summed E-state index contributed by atoms with van der Waals surface area (Å²) in [6, 6.07) is 0. The van der Waals surface area contributed by atoms with Gasteiger partial charge in [-0.05, 0) is 6.92 Å². The molecule has 4 atom stereocenters. The Kier molecular flexibility index (Phi) is 7.27. The zero-order chi connectivity index (χ0) is 19.4. The lowest BCUT2D eigenvalue weighted by Gasteiger charge is -2.41. The number of carbonyl (C=O) groups is 3. The molecule has 0 aromatic rings. The molecule has 9 heteroatoms. The van der Waals surface area contributed by atoms with Gasteiger partial charge in [0.15, 0.2) is 5.22 Å². The molecule has 0 aromatic carbocycles. The molecule has 0 bridgehead atoms. The second-order valence-electron chi connectivity index (χ2n) is 7.26. The third-order valence-electron chi connectivity index (χ3n) is 4.14. The topological polar surface area (TPSA) is 102 Å². The average molecular weight is 390 g/mol. The van der Waals surface area contributed by atoms with E-state index >= 15 is 0 Å². The number of carbonyl (C=O) groups excluding carboxylic acids is 3. The van der Waals surface area contributed by atoms with Crippen LogP contribution in [0.5, 0.6) is 0 Å². The fourth-order valence-corrected chi connectivity index (χ4v) is 5.00. The van der Waals surface area contributed by atoms with Crippen LogP contribution >= 0.6 is 12.6 Å². The van der Waals surface area contributed by atoms with Crippen molar-refractivity contribution in [2.45, 2.75) is 56.1 Å². The molecule has 0 spiro atoms. The van der Waals surface area contributed by atoms with Crippen molar-refractivity contribution in [1.82, 2.24) is 5.32 Å². The van der Waals surface area contributed by atoms with Crippen LogP contribution in [0.2, 0.25) is 19.6 Å². The van der Waals surface area contributed by atoms with Gasteiger partial charge in [-0.15, -0.1) is 0 Å². The van der Waals surface area contributed by atoms with Gasteiger partial charge in [0.05, 0.1) is 23.8 Å². The maximum atomic E-state index is 12.7. The lowest BCUT2D eigenvalue weighted by Crippen LogP contribution is -2.63. The molecule has 1 rings (SSSR count). The molecule has 0 aliphatic carbocycles. The van der Waals surface area contributed by atoms with E-state index in [1.165, 1.54) is 13.0 Å². The first-order valence-corrected chi connectivity index (χ1v) is 12.1. The van der Waals surface area contributed by atoms with Gasteiger partial charge in [-0.1, -0.05) is 32.3 Å². The van der Waals surface area contributed by atoms with Crippen molar-refractivity contribution in [1.29, 1.82) is 0 Å². The highest BCUT2D eigenvalue weighted by Crippen LogP contribution is 2.33. The summed E-state index contributed by atoms with van der Waals surface area (Å²) in [6.45, 7) is 10.6. The van der Waals surface area contributed by atoms with E-state index in [-0.39, 0.29) is 25.4 Å². The molecular formula is C16H27NO6SSi. The quantitative estimate of drug-likeness (QED) is 0.179. The van der Waals surface area contributed by atoms with Gasteiger partial charge in [0, 0.05) is 6.42 Å². The van der Waals surface area contributed by atoms with Crippen molar-refractivity contribution in [2.75, 3.05) is 6.61 Å². The summed E-state index contributed by atoms with van der Waals surface area (Å²) in [5.41, 5.74) is 0. The Balaban J connectivity index is 3.06. The van der Waals surface area contributed by atoms with Gasteiger partial charge in [-0.3, -0.25) is 9.59 Å². The molecular weight excluding hydrogens is 362 g/mol. The van der Waals surface area contributed by atoms with Crippen LogP contribution in [0.3, 0.4) is 0 Å². The normalized spacial score (nSPS) is 23.5. The largest absolute Gasteiger partial charge is 0.459 e. The molecule has 0 radical (unpaired) electrons. The van der Waals surface area contributed by atoms with Crippen LogP contribution in [0.4, 0.5) is 0 Å². The number of hydrogen-bond acceptors (Lipinski definition) is 7. The van der Waals surface area contributed by atoms with E-state index in [1.54, 1.807) is 0 Å². The lowest BCUT2D eigenvalue weighted by molar-refractivity contribution is -0.177. The van der Waals surface area contributed by atoms with Gasteiger partial charge in [0.1, 0.15) is 14.7 Å². The number of ether oxygens (including phenoxy) is 2. The number of aliphatic hydroxyl groups excluding tert-OH is 1. The van der Waals surface area contributed by atoms with Crippen LogP contribution in [0.1, 0.15) is 19.8 Å². The van der Waals surface area contributed by atoms with E-state index in [0.29, 0.717) is 0 Å². The molecule has 25 heavy (non-hydrogen) atoms. The summed E-state index contributed by atoms with van der Waals surface area (Å²) < 4.78 is 10.8. The van der Waals surface area contributed by atoms with Gasteiger partial charge in [-0.2, -0.15) is 12.6 Å². The van der Waals surface area contributed by atoms with Gasteiger partial charge in [0.25, 0.3) is 0 Å². The minimum atomic E-state index is -2.48. The minimum absolute atomic E-state index is 0.0217. The average Bonchev–Trinajstić information content (AvgIpc) is 2.48. The van der Waals surface area contributed by atoms with Crippen LogP contribution in [-0.4, -0.2) is 54.3 Å². The van der Waals surface area contributed by atoms with E-state index < -0.39 is 42.6 Å². The molecule has 1 amide bonds. The number of thiol groups is 1. The van der Waals surface area contributed by atoms with E-state index in [1.807, 2.05) is 19.6 Å². The zero-order valence-electron chi connectivity index (χ0n) is 15.1. The summed E-state index contributed by atoms with van der Waals surface area (Å²) in [5, 5.41) is 10.4. The van der Waals surface area contributed by atoms with Crippen LogP contribution in [0, 0.1) is 5.92 Å². The Labute approximate surface area is 154 Å². The molecule has 2 unspecified atom stereocenters. The van der Waals surface area contributed by atoms with Crippen molar-refractivity contribution in [2.24, 2.45) is 5.92 Å². The van der Waals surface area contributed by atoms with E-state index in [0.717, 1.165) is 0 Å². The Morgan fingerprint density at radius 1 is 1.48 bits per heavy atom. The highest BCUT2D eigenvalue weighted by molar-refractivity contribution is 7.81. The highest BCUT2D eigenvalue weighted by Gasteiger charge is 2.55. The number of β-lactam (4-membered cyclic amide) rings is 1. The first kappa shape index (κ1) is 21.7. The number of aliphatic hydroxyl groups is 1. The molecule has 0 saturated carbocycles. The van der Waals surface area contributed by atoms with Crippen molar-refractivity contribution in [3.05, 3.63) is 12.7 Å². The molecule has 2 N–H and O–H groups in total. The molecule has 1 heterocycles. The molecule has 1 fully saturated rings. The molecule has 7 nitrogen and oxygen atoms in total. The first-order valence-electron chi connectivity index (χ1n) is 8.11. The Bertz CT molecular complexity index is 547. The summed E-state index contributed by atoms with van der Waals surface area (Å²) in [7, 11) is -2.48. The SMILES string of the molecule is C=CCOC(=O)C(CC(C)O)(OC(=O)C[C@@H]1C(=O)N[C@@H]1S)[Si](C)(C)C. The van der Waals surface area contributed by atoms with Gasteiger partial charge in [-0.25, -0.2) is 4.79 Å². The number of esters is 2. The first-order chi connectivity index (χ1) is 11.4. The summed E-state index contributed by atoms with van der Waals surface area (Å²) in [6.07, 6.45) is 0.300. The maximum absolute atomic E-state index is 12.7. The van der Waals surface area contributed by atoms with Crippen molar-refractivity contribution >= 4 is 38.5 Å². The second-order valence-corrected chi connectivity index (χ2v) is 13.1. The second kappa shape index (κ2) is 8.37. The maximum Gasteiger partial charge on any atom is 0.346 e. The fourth-order valence-electron chi connectivity index (χ4n) is 2.62. The van der Waals surface area contributed by atoms with Gasteiger partial charge < -0.3 is 19.9 Å². The van der Waals surface area contributed by atoms with Crippen LogP contribution in [0.25, 0.3) is 0 Å². The van der Waals surface area contributed by atoms with Crippen LogP contribution < -0.4 is 5.32 Å². The Morgan fingerprint density at radius 2 is 2.08 bits per heavy atom. The highest BCUT2D eigenvalue weighted by atomic mass is 32.1. The minimum Gasteiger partial charge on any atom is -0.459 e. The number of nitrogens with one attached hydrogen (secondary N) is 1. The van der Waals surface area contributed by atoms with Crippen LogP contribution in [0.15, 0.2) is 12.7 Å². The standard InChI is InChI=1S/C16H27NO6SSi/c1-6-7-22-15(21)16(9-10(2)18,25(3,4)5)23-12(19)8-11-13(20)17-14(11)24/h6,10-11,14,18,24H,1,7-9H2,2-5H3,(H,17,20)/t10?,11-,14-,16?/m1/s1. The molecule has 1 aliphatic rings. The molecule has 1 saturated heterocycles.